The molecule has 0 amide bonds. The molecule has 1 aromatic heterocycles. The van der Waals surface area contributed by atoms with Crippen LogP contribution in [0.5, 0.6) is 0 Å². The maximum absolute atomic E-state index is 12.7. The Morgan fingerprint density at radius 3 is 2.52 bits per heavy atom. The number of pyridine rings is 1. The fraction of sp³-hybridized carbons (Fsp3) is 0.250. The average Bonchev–Trinajstić information content (AvgIpc) is 2.62. The van der Waals surface area contributed by atoms with Crippen LogP contribution in [-0.4, -0.2) is 13.4 Å². The maximum atomic E-state index is 12.7. The van der Waals surface area contributed by atoms with Crippen LogP contribution >= 0.6 is 0 Å². The predicted molar refractivity (Wildman–Crippen MR) is 102 cm³/mol. The van der Waals surface area contributed by atoms with Gasteiger partial charge in [0.1, 0.15) is 0 Å². The summed E-state index contributed by atoms with van der Waals surface area (Å²) in [4.78, 5) is 4.53. The molecule has 3 aromatic rings. The highest BCUT2D eigenvalue weighted by molar-refractivity contribution is 7.92. The number of hydrogen-bond acceptors (Lipinski definition) is 3. The van der Waals surface area contributed by atoms with E-state index in [4.69, 9.17) is 0 Å². The molecule has 0 saturated carbocycles. The van der Waals surface area contributed by atoms with Gasteiger partial charge in [-0.2, -0.15) is 0 Å². The lowest BCUT2D eigenvalue weighted by atomic mass is 10.1. The summed E-state index contributed by atoms with van der Waals surface area (Å²) in [6.07, 6.45) is 6.17. The number of nitrogens with one attached hydrogen (secondary N) is 1. The number of anilines is 1. The first-order valence-electron chi connectivity index (χ1n) is 8.55. The van der Waals surface area contributed by atoms with Gasteiger partial charge in [-0.05, 0) is 54.8 Å². The smallest absolute Gasteiger partial charge is 0.261 e. The van der Waals surface area contributed by atoms with Gasteiger partial charge in [0, 0.05) is 11.6 Å². The highest BCUT2D eigenvalue weighted by Crippen LogP contribution is 2.24. The van der Waals surface area contributed by atoms with Crippen molar-refractivity contribution in [2.75, 3.05) is 4.72 Å². The number of aromatic nitrogens is 1. The lowest BCUT2D eigenvalue weighted by molar-refractivity contribution is 0.601. The molecule has 2 aromatic carbocycles. The highest BCUT2D eigenvalue weighted by atomic mass is 32.2. The second-order valence-electron chi connectivity index (χ2n) is 6.08. The Kier molecular flexibility index (Phi) is 5.34. The second-order valence-corrected chi connectivity index (χ2v) is 7.76. The molecule has 130 valence electrons. The molecule has 0 spiro atoms. The van der Waals surface area contributed by atoms with Crippen molar-refractivity contribution < 1.29 is 8.42 Å². The SMILES string of the molecule is CCCCCc1ccc(S(=O)(=O)Nc2cccc3ncccc23)cc1. The van der Waals surface area contributed by atoms with E-state index in [-0.39, 0.29) is 4.90 Å². The van der Waals surface area contributed by atoms with Crippen LogP contribution in [0.1, 0.15) is 31.7 Å². The average molecular weight is 354 g/mol. The van der Waals surface area contributed by atoms with E-state index in [1.165, 1.54) is 18.4 Å². The Bertz CT molecular complexity index is 946. The fourth-order valence-electron chi connectivity index (χ4n) is 2.81. The van der Waals surface area contributed by atoms with Crippen LogP contribution in [0.2, 0.25) is 0 Å². The van der Waals surface area contributed by atoms with E-state index < -0.39 is 10.0 Å². The van der Waals surface area contributed by atoms with E-state index >= 15 is 0 Å². The van der Waals surface area contributed by atoms with Crippen molar-refractivity contribution in [3.8, 4) is 0 Å². The molecule has 0 saturated heterocycles. The van der Waals surface area contributed by atoms with Crippen molar-refractivity contribution in [2.45, 2.75) is 37.5 Å². The predicted octanol–water partition coefficient (Wildman–Crippen LogP) is 4.77. The van der Waals surface area contributed by atoms with Gasteiger partial charge >= 0.3 is 0 Å². The molecule has 0 aliphatic carbocycles. The van der Waals surface area contributed by atoms with Gasteiger partial charge in [-0.3, -0.25) is 9.71 Å². The molecule has 0 bridgehead atoms. The van der Waals surface area contributed by atoms with E-state index in [1.54, 1.807) is 36.5 Å². The molecule has 0 radical (unpaired) electrons. The molecular formula is C20H22N2O2S. The molecular weight excluding hydrogens is 332 g/mol. The monoisotopic (exact) mass is 354 g/mol. The molecule has 0 aliphatic rings. The third-order valence-corrected chi connectivity index (χ3v) is 5.57. The van der Waals surface area contributed by atoms with Crippen molar-refractivity contribution >= 4 is 26.6 Å². The van der Waals surface area contributed by atoms with Gasteiger partial charge in [-0.15, -0.1) is 0 Å². The van der Waals surface area contributed by atoms with Gasteiger partial charge in [0.05, 0.1) is 16.1 Å². The van der Waals surface area contributed by atoms with Crippen molar-refractivity contribution in [2.24, 2.45) is 0 Å². The van der Waals surface area contributed by atoms with Gasteiger partial charge < -0.3 is 0 Å². The Balaban J connectivity index is 1.81. The quantitative estimate of drug-likeness (QED) is 0.622. The number of sulfonamides is 1. The van der Waals surface area contributed by atoms with E-state index in [0.29, 0.717) is 5.69 Å². The van der Waals surface area contributed by atoms with Crippen LogP contribution in [0.15, 0.2) is 65.7 Å². The zero-order valence-corrected chi connectivity index (χ0v) is 15.1. The van der Waals surface area contributed by atoms with Crippen molar-refractivity contribution in [1.29, 1.82) is 0 Å². The Labute approximate surface area is 149 Å². The van der Waals surface area contributed by atoms with E-state index in [0.717, 1.165) is 23.7 Å². The van der Waals surface area contributed by atoms with E-state index in [1.807, 2.05) is 24.3 Å². The first kappa shape index (κ1) is 17.4. The first-order chi connectivity index (χ1) is 12.1. The minimum absolute atomic E-state index is 0.271. The standard InChI is InChI=1S/C20H22N2O2S/c1-2-3-4-7-16-11-13-17(14-12-16)25(23,24)22-20-10-5-9-19-18(20)8-6-15-21-19/h5-6,8-15,22H,2-4,7H2,1H3. The van der Waals surface area contributed by atoms with Crippen LogP contribution in [0.3, 0.4) is 0 Å². The maximum Gasteiger partial charge on any atom is 0.261 e. The topological polar surface area (TPSA) is 59.1 Å². The van der Waals surface area contributed by atoms with E-state index in [9.17, 15) is 8.42 Å². The molecule has 5 heteroatoms. The third kappa shape index (κ3) is 4.17. The van der Waals surface area contributed by atoms with E-state index in [2.05, 4.69) is 16.6 Å². The minimum Gasteiger partial charge on any atom is -0.279 e. The van der Waals surface area contributed by atoms with Crippen LogP contribution in [-0.2, 0) is 16.4 Å². The third-order valence-electron chi connectivity index (χ3n) is 4.19. The first-order valence-corrected chi connectivity index (χ1v) is 10.0. The van der Waals surface area contributed by atoms with Gasteiger partial charge in [0.2, 0.25) is 0 Å². The highest BCUT2D eigenvalue weighted by Gasteiger charge is 2.15. The van der Waals surface area contributed by atoms with Gasteiger partial charge in [-0.1, -0.05) is 38.0 Å². The molecule has 0 aliphatic heterocycles. The summed E-state index contributed by atoms with van der Waals surface area (Å²) in [6, 6.07) is 16.2. The largest absolute Gasteiger partial charge is 0.279 e. The molecule has 3 rings (SSSR count). The molecule has 0 fully saturated rings. The number of fused-ring (bicyclic) bond motifs is 1. The van der Waals surface area contributed by atoms with Crippen molar-refractivity contribution in [3.63, 3.8) is 0 Å². The summed E-state index contributed by atoms with van der Waals surface area (Å²) < 4.78 is 28.1. The normalized spacial score (nSPS) is 11.6. The zero-order chi connectivity index (χ0) is 17.7. The molecule has 25 heavy (non-hydrogen) atoms. The summed E-state index contributed by atoms with van der Waals surface area (Å²) in [5, 5.41) is 0.782. The number of nitrogens with zero attached hydrogens (tertiary/aromatic N) is 1. The number of aryl methyl sites for hydroxylation is 1. The minimum atomic E-state index is -3.62. The van der Waals surface area contributed by atoms with Gasteiger partial charge in [-0.25, -0.2) is 8.42 Å². The zero-order valence-electron chi connectivity index (χ0n) is 14.3. The number of hydrogen-bond donors (Lipinski definition) is 1. The molecule has 0 unspecified atom stereocenters. The summed E-state index contributed by atoms with van der Waals surface area (Å²) in [7, 11) is -3.62. The van der Waals surface area contributed by atoms with Crippen molar-refractivity contribution in [3.05, 3.63) is 66.4 Å². The summed E-state index contributed by atoms with van der Waals surface area (Å²) in [5.74, 6) is 0. The van der Waals surface area contributed by atoms with Crippen LogP contribution in [0, 0.1) is 0 Å². The van der Waals surface area contributed by atoms with Crippen LogP contribution < -0.4 is 4.72 Å². The lowest BCUT2D eigenvalue weighted by Crippen LogP contribution is -2.13. The fourth-order valence-corrected chi connectivity index (χ4v) is 3.89. The van der Waals surface area contributed by atoms with Crippen LogP contribution in [0.4, 0.5) is 5.69 Å². The molecule has 0 atom stereocenters. The molecule has 1 N–H and O–H groups in total. The summed E-state index contributed by atoms with van der Waals surface area (Å²) in [6.45, 7) is 2.17. The van der Waals surface area contributed by atoms with Crippen LogP contribution in [0.25, 0.3) is 10.9 Å². The van der Waals surface area contributed by atoms with Gasteiger partial charge in [0.15, 0.2) is 0 Å². The summed E-state index contributed by atoms with van der Waals surface area (Å²) in [5.41, 5.74) is 2.47. The summed E-state index contributed by atoms with van der Waals surface area (Å²) >= 11 is 0. The number of unbranched alkanes of at least 4 members (excludes halogenated alkanes) is 2. The Hall–Kier alpha value is -2.40. The Morgan fingerprint density at radius 1 is 0.960 bits per heavy atom. The van der Waals surface area contributed by atoms with Crippen molar-refractivity contribution in [1.82, 2.24) is 4.98 Å². The Morgan fingerprint density at radius 2 is 1.76 bits per heavy atom. The number of rotatable bonds is 7. The number of benzene rings is 2. The lowest BCUT2D eigenvalue weighted by Gasteiger charge is -2.11. The second kappa shape index (κ2) is 7.66. The molecule has 1 heterocycles. The van der Waals surface area contributed by atoms with Gasteiger partial charge in [0.25, 0.3) is 10.0 Å². The molecule has 4 nitrogen and oxygen atoms in total.